The first-order valence-corrected chi connectivity index (χ1v) is 10.8. The van der Waals surface area contributed by atoms with Crippen molar-refractivity contribution in [1.29, 1.82) is 0 Å². The molecular formula is C26H27F3N2O4. The fraction of sp³-hybridized carbons (Fsp3) is 0.269. The quantitative estimate of drug-likeness (QED) is 0.459. The van der Waals surface area contributed by atoms with E-state index < -0.39 is 23.7 Å². The molecule has 0 aromatic heterocycles. The van der Waals surface area contributed by atoms with Crippen molar-refractivity contribution in [1.82, 2.24) is 0 Å². The number of halogens is 3. The van der Waals surface area contributed by atoms with Gasteiger partial charge >= 0.3 is 6.18 Å². The average Bonchev–Trinajstić information content (AvgIpc) is 2.87. The molecule has 9 heteroatoms. The van der Waals surface area contributed by atoms with Crippen LogP contribution in [0.15, 0.2) is 66.7 Å². The first kappa shape index (κ1) is 25.9. The third-order valence-electron chi connectivity index (χ3n) is 5.59. The van der Waals surface area contributed by atoms with Crippen LogP contribution in [0.2, 0.25) is 0 Å². The molecule has 3 aromatic rings. The number of nitrogens with two attached hydrogens (primary N) is 1. The molecule has 0 saturated heterocycles. The highest BCUT2D eigenvalue weighted by Crippen LogP contribution is 2.34. The number of carbonyl (C=O) groups is 1. The average molecular weight is 489 g/mol. The van der Waals surface area contributed by atoms with E-state index in [1.165, 1.54) is 38.4 Å². The van der Waals surface area contributed by atoms with Gasteiger partial charge in [0, 0.05) is 23.9 Å². The lowest BCUT2D eigenvalue weighted by Crippen LogP contribution is -2.40. The Kier molecular flexibility index (Phi) is 8.24. The van der Waals surface area contributed by atoms with Gasteiger partial charge in [-0.1, -0.05) is 30.3 Å². The Hall–Kier alpha value is -3.72. The highest BCUT2D eigenvalue weighted by atomic mass is 19.4. The predicted molar refractivity (Wildman–Crippen MR) is 127 cm³/mol. The number of rotatable bonds is 9. The molecule has 1 amide bonds. The first-order valence-electron chi connectivity index (χ1n) is 10.8. The van der Waals surface area contributed by atoms with Crippen molar-refractivity contribution < 1.29 is 32.2 Å². The Morgan fingerprint density at radius 2 is 1.51 bits per heavy atom. The van der Waals surface area contributed by atoms with Crippen LogP contribution in [-0.2, 0) is 17.4 Å². The van der Waals surface area contributed by atoms with E-state index in [2.05, 4.69) is 0 Å². The van der Waals surface area contributed by atoms with Gasteiger partial charge in [0.1, 0.15) is 11.8 Å². The number of nitrogens with zero attached hydrogens (tertiary/aromatic N) is 1. The molecule has 3 rings (SSSR count). The Morgan fingerprint density at radius 3 is 2.11 bits per heavy atom. The van der Waals surface area contributed by atoms with Crippen molar-refractivity contribution >= 4 is 11.6 Å². The number of benzene rings is 3. The fourth-order valence-corrected chi connectivity index (χ4v) is 3.68. The van der Waals surface area contributed by atoms with E-state index in [1.807, 2.05) is 0 Å². The van der Waals surface area contributed by atoms with E-state index in [0.717, 1.165) is 12.1 Å². The van der Waals surface area contributed by atoms with E-state index in [9.17, 15) is 18.0 Å². The second-order valence-corrected chi connectivity index (χ2v) is 7.69. The molecule has 0 saturated carbocycles. The van der Waals surface area contributed by atoms with Gasteiger partial charge < -0.3 is 24.8 Å². The van der Waals surface area contributed by atoms with Crippen LogP contribution in [0.3, 0.4) is 0 Å². The highest BCUT2D eigenvalue weighted by Gasteiger charge is 2.30. The van der Waals surface area contributed by atoms with Crippen LogP contribution in [-0.4, -0.2) is 33.8 Å². The summed E-state index contributed by atoms with van der Waals surface area (Å²) in [7, 11) is 4.48. The predicted octanol–water partition coefficient (Wildman–Crippen LogP) is 5.01. The number of anilines is 1. The smallest absolute Gasteiger partial charge is 0.416 e. The SMILES string of the molecule is COc1ccc(N(CCc2ccc(C(F)(F)F)cc2)C(=O)[C@@H](N)c2ccccc2OC)cc1OC. The molecule has 186 valence electrons. The summed E-state index contributed by atoms with van der Waals surface area (Å²) in [4.78, 5) is 15.1. The molecule has 0 unspecified atom stereocenters. The van der Waals surface area contributed by atoms with Gasteiger partial charge in [-0.15, -0.1) is 0 Å². The van der Waals surface area contributed by atoms with E-state index in [1.54, 1.807) is 42.5 Å². The lowest BCUT2D eigenvalue weighted by Gasteiger charge is -2.27. The summed E-state index contributed by atoms with van der Waals surface area (Å²) in [5, 5.41) is 0. The zero-order chi connectivity index (χ0) is 25.6. The number of carbonyl (C=O) groups excluding carboxylic acids is 1. The largest absolute Gasteiger partial charge is 0.496 e. The molecule has 6 nitrogen and oxygen atoms in total. The molecule has 0 aliphatic rings. The minimum atomic E-state index is -4.41. The fourth-order valence-electron chi connectivity index (χ4n) is 3.68. The highest BCUT2D eigenvalue weighted by molar-refractivity contribution is 5.98. The van der Waals surface area contributed by atoms with E-state index in [4.69, 9.17) is 19.9 Å². The lowest BCUT2D eigenvalue weighted by molar-refractivity contribution is -0.137. The van der Waals surface area contributed by atoms with Crippen LogP contribution in [0.1, 0.15) is 22.7 Å². The maximum atomic E-state index is 13.6. The van der Waals surface area contributed by atoms with Crippen LogP contribution in [0.25, 0.3) is 0 Å². The summed E-state index contributed by atoms with van der Waals surface area (Å²) >= 11 is 0. The minimum absolute atomic E-state index is 0.169. The van der Waals surface area contributed by atoms with Gasteiger partial charge in [0.25, 0.3) is 0 Å². The molecule has 0 aliphatic carbocycles. The number of amides is 1. The molecule has 0 bridgehead atoms. The summed E-state index contributed by atoms with van der Waals surface area (Å²) in [6, 6.07) is 15.8. The summed E-state index contributed by atoms with van der Waals surface area (Å²) in [6.45, 7) is 0.169. The van der Waals surface area contributed by atoms with Gasteiger partial charge in [-0.05, 0) is 42.3 Å². The van der Waals surface area contributed by atoms with E-state index in [0.29, 0.717) is 40.5 Å². The molecule has 0 aliphatic heterocycles. The van der Waals surface area contributed by atoms with Gasteiger partial charge in [0.2, 0.25) is 5.91 Å². The van der Waals surface area contributed by atoms with Crippen LogP contribution < -0.4 is 24.8 Å². The van der Waals surface area contributed by atoms with Crippen molar-refractivity contribution in [3.8, 4) is 17.2 Å². The van der Waals surface area contributed by atoms with Gasteiger partial charge in [-0.25, -0.2) is 0 Å². The molecule has 0 radical (unpaired) electrons. The summed E-state index contributed by atoms with van der Waals surface area (Å²) in [5.74, 6) is 0.973. The number of hydrogen-bond donors (Lipinski definition) is 1. The second kappa shape index (κ2) is 11.1. The number of hydrogen-bond acceptors (Lipinski definition) is 5. The Bertz CT molecular complexity index is 1150. The van der Waals surface area contributed by atoms with Gasteiger partial charge in [-0.3, -0.25) is 4.79 Å². The first-order chi connectivity index (χ1) is 16.7. The molecule has 2 N–H and O–H groups in total. The second-order valence-electron chi connectivity index (χ2n) is 7.69. The van der Waals surface area contributed by atoms with Crippen LogP contribution in [0.4, 0.5) is 18.9 Å². The van der Waals surface area contributed by atoms with E-state index >= 15 is 0 Å². The zero-order valence-corrected chi connectivity index (χ0v) is 19.6. The Balaban J connectivity index is 1.93. The molecule has 35 heavy (non-hydrogen) atoms. The number of methoxy groups -OCH3 is 3. The molecule has 0 spiro atoms. The van der Waals surface area contributed by atoms with Gasteiger partial charge in [-0.2, -0.15) is 13.2 Å². The van der Waals surface area contributed by atoms with E-state index in [-0.39, 0.29) is 6.54 Å². The third kappa shape index (κ3) is 6.05. The topological polar surface area (TPSA) is 74.0 Å². The summed E-state index contributed by atoms with van der Waals surface area (Å²) in [5.41, 5.74) is 7.29. The van der Waals surface area contributed by atoms with Crippen LogP contribution in [0.5, 0.6) is 17.2 Å². The standard InChI is InChI=1S/C26H27F3N2O4/c1-33-21-7-5-4-6-20(21)24(30)25(32)31(19-12-13-22(34-2)23(16-19)35-3)15-14-17-8-10-18(11-9-17)26(27,28)29/h4-13,16,24H,14-15,30H2,1-3H3/t24-/m0/s1. The van der Waals surface area contributed by atoms with Crippen molar-refractivity contribution in [2.24, 2.45) is 5.73 Å². The van der Waals surface area contributed by atoms with Crippen molar-refractivity contribution in [2.75, 3.05) is 32.8 Å². The summed E-state index contributed by atoms with van der Waals surface area (Å²) in [6.07, 6.45) is -4.11. The molecule has 3 aromatic carbocycles. The van der Waals surface area contributed by atoms with Crippen LogP contribution in [0, 0.1) is 0 Å². The number of alkyl halides is 3. The molecular weight excluding hydrogens is 461 g/mol. The van der Waals surface area contributed by atoms with Crippen molar-refractivity contribution in [3.05, 3.63) is 83.4 Å². The number of para-hydroxylation sites is 1. The third-order valence-corrected chi connectivity index (χ3v) is 5.59. The minimum Gasteiger partial charge on any atom is -0.496 e. The Labute approximate surface area is 202 Å². The van der Waals surface area contributed by atoms with Crippen LogP contribution >= 0.6 is 0 Å². The maximum Gasteiger partial charge on any atom is 0.416 e. The monoisotopic (exact) mass is 488 g/mol. The molecule has 1 atom stereocenters. The Morgan fingerprint density at radius 1 is 0.886 bits per heavy atom. The lowest BCUT2D eigenvalue weighted by atomic mass is 10.0. The zero-order valence-electron chi connectivity index (χ0n) is 19.6. The number of ether oxygens (including phenoxy) is 3. The normalized spacial score (nSPS) is 12.1. The summed E-state index contributed by atoms with van der Waals surface area (Å²) < 4.78 is 54.7. The maximum absolute atomic E-state index is 13.6. The van der Waals surface area contributed by atoms with Crippen molar-refractivity contribution in [2.45, 2.75) is 18.6 Å². The molecule has 0 fully saturated rings. The van der Waals surface area contributed by atoms with Crippen molar-refractivity contribution in [3.63, 3.8) is 0 Å². The molecule has 0 heterocycles. The van der Waals surface area contributed by atoms with Gasteiger partial charge in [0.05, 0.1) is 26.9 Å². The van der Waals surface area contributed by atoms with Gasteiger partial charge in [0.15, 0.2) is 11.5 Å².